The fourth-order valence-corrected chi connectivity index (χ4v) is 0. The average molecular weight is 162 g/mol. The molecule has 0 fully saturated rings. The summed E-state index contributed by atoms with van der Waals surface area (Å²) in [6.07, 6.45) is 0. The minimum absolute atomic E-state index is 0. The molecule has 0 unspecified atom stereocenters. The Balaban J connectivity index is -0.0000000233. The first-order valence-corrected chi connectivity index (χ1v) is 0.956. The average Bonchev–Trinajstić information content (AvgIpc) is 1.33. The van der Waals surface area contributed by atoms with Crippen molar-refractivity contribution in [2.45, 2.75) is 0 Å². The summed E-state index contributed by atoms with van der Waals surface area (Å²) in [5.41, 5.74) is 0. The van der Waals surface area contributed by atoms with Gasteiger partial charge in [0.1, 0.15) is 0 Å². The predicted octanol–water partition coefficient (Wildman–Crippen LogP) is -6.09. The Kier molecular flexibility index (Phi) is 61.7. The Labute approximate surface area is 82.5 Å². The van der Waals surface area contributed by atoms with Crippen molar-refractivity contribution in [2.75, 3.05) is 0 Å². The Morgan fingerprint density at radius 2 is 1.33 bits per heavy atom. The van der Waals surface area contributed by atoms with Crippen molar-refractivity contribution < 1.29 is 40.0 Å². The summed E-state index contributed by atoms with van der Waals surface area (Å²) in [4.78, 5) is 16.4. The summed E-state index contributed by atoms with van der Waals surface area (Å²) < 4.78 is 0. The van der Waals surface area contributed by atoms with E-state index >= 15 is 0 Å². The Morgan fingerprint density at radius 1 is 1.33 bits per heavy atom. The number of hydrogen-bond acceptors (Lipinski definition) is 5. The third-order valence-electron chi connectivity index (χ3n) is 0. The van der Waals surface area contributed by atoms with Crippen LogP contribution in [-0.2, 0) is 0 Å². The molecule has 9 heteroatoms. The van der Waals surface area contributed by atoms with Crippen molar-refractivity contribution in [1.29, 1.82) is 0 Å². The maximum Gasteiger partial charge on any atom is 1.00 e. The molecule has 0 aliphatic heterocycles. The largest absolute Gasteiger partial charge is 1.00 e. The Bertz CT molecular complexity index is 62.0. The maximum absolute atomic E-state index is 8.25. The molecule has 0 aromatic rings. The Hall–Kier alpha value is 0.132. The van der Waals surface area contributed by atoms with E-state index in [1.165, 1.54) is 0 Å². The second-order valence-electron chi connectivity index (χ2n) is 0.307. The standard InChI is InChI=1S/Al.NO3.HNO2.Na.3H/c;2-1(3)4;2-1-3;;;;/h;;1H;;;;/q;-1;;+1;;;. The van der Waals surface area contributed by atoms with Gasteiger partial charge in [0.2, 0.25) is 0 Å². The van der Waals surface area contributed by atoms with Gasteiger partial charge in [-0.3, -0.25) is 10.1 Å². The van der Waals surface area contributed by atoms with Gasteiger partial charge in [-0.05, 0) is 0 Å². The molecule has 0 heterocycles. The molecule has 48 valence electrons. The minimum Gasteiger partial charge on any atom is -0.356 e. The van der Waals surface area contributed by atoms with Gasteiger partial charge in [-0.2, -0.15) is 0 Å². The fraction of sp³-hybridized carbons (Fsp3) is 0. The third kappa shape index (κ3) is 17400. The van der Waals surface area contributed by atoms with Crippen LogP contribution in [0.3, 0.4) is 0 Å². The summed E-state index contributed by atoms with van der Waals surface area (Å²) in [7, 11) is 0. The zero-order valence-electron chi connectivity index (χ0n) is 3.99. The van der Waals surface area contributed by atoms with E-state index in [-0.39, 0.29) is 52.3 Å². The third-order valence-corrected chi connectivity index (χ3v) is 0. The first kappa shape index (κ1) is 22.9. The zero-order valence-corrected chi connectivity index (χ0v) is 5.99. The normalized spacial score (nSPS) is 4.00. The quantitative estimate of drug-likeness (QED) is 0.216. The molecule has 1 N–H and O–H groups in total. The van der Waals surface area contributed by atoms with Gasteiger partial charge in [-0.25, -0.2) is 0 Å². The van der Waals surface area contributed by atoms with Gasteiger partial charge in [-0.15, -0.1) is 0 Å². The second kappa shape index (κ2) is 24.2. The number of nitrogens with zero attached hydrogens (tertiary/aromatic N) is 1. The van der Waals surface area contributed by atoms with E-state index in [2.05, 4.69) is 0 Å². The summed E-state index contributed by atoms with van der Waals surface area (Å²) in [5, 5.41) is 23.1. The van der Waals surface area contributed by atoms with Crippen LogP contribution in [0.4, 0.5) is 0 Å². The SMILES string of the molecule is O=[N+]([O-])[O-].O=[NH+][O-].[AlH3].[Na+]. The van der Waals surface area contributed by atoms with E-state index < -0.39 is 5.09 Å². The smallest absolute Gasteiger partial charge is 0.356 e. The van der Waals surface area contributed by atoms with Gasteiger partial charge in [0, 0.05) is 5.34 Å². The molecule has 0 saturated heterocycles. The number of nitrogens with one attached hydrogen (secondary N) is 1. The van der Waals surface area contributed by atoms with Crippen molar-refractivity contribution in [3.05, 3.63) is 25.4 Å². The van der Waals surface area contributed by atoms with Crippen molar-refractivity contribution in [1.82, 2.24) is 0 Å². The van der Waals surface area contributed by atoms with Gasteiger partial charge < -0.3 is 15.3 Å². The van der Waals surface area contributed by atoms with Crippen molar-refractivity contribution in [3.63, 3.8) is 0 Å². The zero-order chi connectivity index (χ0) is 6.28. The molecule has 0 radical (unpaired) electrons. The Morgan fingerprint density at radius 3 is 1.33 bits per heavy atom. The van der Waals surface area contributed by atoms with Gasteiger partial charge >= 0.3 is 29.6 Å². The van der Waals surface area contributed by atoms with Crippen molar-refractivity contribution >= 4 is 17.4 Å². The van der Waals surface area contributed by atoms with Crippen LogP contribution < -0.4 is 34.9 Å². The van der Waals surface area contributed by atoms with Crippen LogP contribution in [0.2, 0.25) is 0 Å². The fourth-order valence-electron chi connectivity index (χ4n) is 0. The first-order chi connectivity index (χ1) is 3.15. The summed E-state index contributed by atoms with van der Waals surface area (Å²) in [5.74, 6) is 0. The van der Waals surface area contributed by atoms with Gasteiger partial charge in [0.05, 0.1) is 5.09 Å². The van der Waals surface area contributed by atoms with Crippen molar-refractivity contribution in [2.24, 2.45) is 0 Å². The molecule has 0 aromatic heterocycles. The van der Waals surface area contributed by atoms with Crippen LogP contribution >= 0.6 is 0 Å². The van der Waals surface area contributed by atoms with Crippen molar-refractivity contribution in [3.8, 4) is 0 Å². The van der Waals surface area contributed by atoms with Crippen LogP contribution in [0.1, 0.15) is 0 Å². The van der Waals surface area contributed by atoms with Crippen LogP contribution in [-0.4, -0.2) is 22.4 Å². The van der Waals surface area contributed by atoms with E-state index in [1.54, 1.807) is 0 Å². The molecule has 0 atom stereocenters. The molecule has 0 aliphatic carbocycles. The summed E-state index contributed by atoms with van der Waals surface area (Å²) >= 11 is 0. The van der Waals surface area contributed by atoms with E-state index in [0.29, 0.717) is 0 Å². The molecule has 0 rings (SSSR count). The molecule has 0 bridgehead atoms. The molecular formula is H4AlN2NaO5. The molecule has 7 nitrogen and oxygen atoms in total. The van der Waals surface area contributed by atoms with E-state index in [1.807, 2.05) is 0 Å². The topological polar surface area (TPSA) is 120 Å². The molecule has 0 saturated carbocycles. The van der Waals surface area contributed by atoms with Crippen LogP contribution in [0, 0.1) is 25.4 Å². The van der Waals surface area contributed by atoms with Crippen LogP contribution in [0.5, 0.6) is 0 Å². The van der Waals surface area contributed by atoms with E-state index in [9.17, 15) is 0 Å². The minimum atomic E-state index is -1.75. The van der Waals surface area contributed by atoms with E-state index in [0.717, 1.165) is 0 Å². The van der Waals surface area contributed by atoms with Gasteiger partial charge in [-0.1, -0.05) is 0 Å². The molecule has 0 aliphatic rings. The summed E-state index contributed by atoms with van der Waals surface area (Å²) in [6.45, 7) is 0. The molecule has 0 amide bonds. The molecule has 0 spiro atoms. The van der Waals surface area contributed by atoms with Crippen LogP contribution in [0.25, 0.3) is 0 Å². The number of hydrogen-bond donors (Lipinski definition) is 1. The predicted molar refractivity (Wildman–Crippen MR) is 28.0 cm³/mol. The number of rotatable bonds is 0. The monoisotopic (exact) mass is 162 g/mol. The molecule has 9 heavy (non-hydrogen) atoms. The van der Waals surface area contributed by atoms with Gasteiger partial charge in [0.15, 0.2) is 17.4 Å². The van der Waals surface area contributed by atoms with Gasteiger partial charge in [0.25, 0.3) is 0 Å². The van der Waals surface area contributed by atoms with E-state index in [4.69, 9.17) is 25.4 Å². The second-order valence-corrected chi connectivity index (χ2v) is 0.307. The van der Waals surface area contributed by atoms with Crippen LogP contribution in [0.15, 0.2) is 0 Å². The molecular weight excluding hydrogens is 158 g/mol. The maximum atomic E-state index is 8.25. The molecule has 0 aromatic carbocycles. The first-order valence-electron chi connectivity index (χ1n) is 0.956. The summed E-state index contributed by atoms with van der Waals surface area (Å²) in [6, 6.07) is 0.